The van der Waals surface area contributed by atoms with Gasteiger partial charge in [0, 0.05) is 5.69 Å². The minimum absolute atomic E-state index is 0.202. The van der Waals surface area contributed by atoms with Crippen LogP contribution in [0.15, 0.2) is 24.3 Å². The van der Waals surface area contributed by atoms with Crippen LogP contribution in [0.1, 0.15) is 32.6 Å². The lowest BCUT2D eigenvalue weighted by molar-refractivity contribution is -0.148. The molecule has 1 aliphatic rings. The van der Waals surface area contributed by atoms with Gasteiger partial charge in [-0.25, -0.2) is 9.18 Å². The number of hydrogen-bond donors (Lipinski definition) is 1. The van der Waals surface area contributed by atoms with Crippen molar-refractivity contribution in [1.29, 1.82) is 0 Å². The summed E-state index contributed by atoms with van der Waals surface area (Å²) in [4.78, 5) is 12.1. The minimum Gasteiger partial charge on any atom is -0.464 e. The first-order valence-corrected chi connectivity index (χ1v) is 6.37. The normalized spacial score (nSPS) is 17.4. The zero-order valence-electron chi connectivity index (χ0n) is 10.5. The summed E-state index contributed by atoms with van der Waals surface area (Å²) in [6.45, 7) is 2.18. The molecule has 0 atom stereocenters. The Morgan fingerprint density at radius 1 is 1.33 bits per heavy atom. The number of halogens is 1. The molecule has 2 rings (SSSR count). The molecule has 1 saturated carbocycles. The van der Waals surface area contributed by atoms with Gasteiger partial charge in [0.15, 0.2) is 0 Å². The molecule has 0 saturated heterocycles. The molecular weight excluding hydrogens is 233 g/mol. The van der Waals surface area contributed by atoms with Crippen LogP contribution >= 0.6 is 0 Å². The van der Waals surface area contributed by atoms with Gasteiger partial charge in [-0.1, -0.05) is 12.8 Å². The fourth-order valence-corrected chi connectivity index (χ4v) is 2.44. The third kappa shape index (κ3) is 2.63. The molecule has 1 aromatic carbocycles. The second kappa shape index (κ2) is 5.38. The second-order valence-electron chi connectivity index (χ2n) is 4.64. The highest BCUT2D eigenvalue weighted by molar-refractivity contribution is 5.85. The highest BCUT2D eigenvalue weighted by Crippen LogP contribution is 2.34. The van der Waals surface area contributed by atoms with Crippen LogP contribution in [-0.2, 0) is 9.53 Å². The molecule has 0 spiro atoms. The maximum absolute atomic E-state index is 12.9. The Balaban J connectivity index is 2.15. The number of ether oxygens (including phenoxy) is 1. The average Bonchev–Trinajstić information content (AvgIpc) is 2.82. The van der Waals surface area contributed by atoms with E-state index in [1.807, 2.05) is 0 Å². The zero-order chi connectivity index (χ0) is 13.0. The Bertz CT molecular complexity index is 410. The first-order valence-electron chi connectivity index (χ1n) is 6.37. The van der Waals surface area contributed by atoms with E-state index in [1.54, 1.807) is 19.1 Å². The van der Waals surface area contributed by atoms with E-state index in [0.717, 1.165) is 31.4 Å². The quantitative estimate of drug-likeness (QED) is 0.836. The summed E-state index contributed by atoms with van der Waals surface area (Å²) >= 11 is 0. The highest BCUT2D eigenvalue weighted by Gasteiger charge is 2.42. The number of carbonyl (C=O) groups excluding carboxylic acids is 1. The van der Waals surface area contributed by atoms with Gasteiger partial charge in [-0.3, -0.25) is 0 Å². The van der Waals surface area contributed by atoms with Crippen molar-refractivity contribution >= 4 is 11.7 Å². The van der Waals surface area contributed by atoms with Gasteiger partial charge in [0.1, 0.15) is 11.4 Å². The Morgan fingerprint density at radius 3 is 2.50 bits per heavy atom. The number of anilines is 1. The molecule has 0 heterocycles. The van der Waals surface area contributed by atoms with E-state index in [4.69, 9.17) is 4.74 Å². The van der Waals surface area contributed by atoms with Crippen LogP contribution in [0, 0.1) is 5.82 Å². The summed E-state index contributed by atoms with van der Waals surface area (Å²) in [5.41, 5.74) is 0.125. The first-order chi connectivity index (χ1) is 8.66. The van der Waals surface area contributed by atoms with E-state index in [2.05, 4.69) is 5.32 Å². The summed E-state index contributed by atoms with van der Waals surface area (Å²) in [6, 6.07) is 6.07. The molecule has 98 valence electrons. The largest absolute Gasteiger partial charge is 0.464 e. The van der Waals surface area contributed by atoms with Crippen LogP contribution in [-0.4, -0.2) is 18.1 Å². The fourth-order valence-electron chi connectivity index (χ4n) is 2.44. The Kier molecular flexibility index (Phi) is 3.84. The van der Waals surface area contributed by atoms with Crippen LogP contribution in [0.4, 0.5) is 10.1 Å². The molecule has 1 aromatic rings. The SMILES string of the molecule is CCOC(=O)C1(Nc2ccc(F)cc2)CCCC1. The van der Waals surface area contributed by atoms with Crippen LogP contribution in [0.5, 0.6) is 0 Å². The Hall–Kier alpha value is -1.58. The molecule has 0 aromatic heterocycles. The van der Waals surface area contributed by atoms with Gasteiger partial charge < -0.3 is 10.1 Å². The van der Waals surface area contributed by atoms with E-state index >= 15 is 0 Å². The van der Waals surface area contributed by atoms with Crippen molar-refractivity contribution in [1.82, 2.24) is 0 Å². The predicted molar refractivity (Wildman–Crippen MR) is 67.9 cm³/mol. The predicted octanol–water partition coefficient (Wildman–Crippen LogP) is 3.11. The molecule has 18 heavy (non-hydrogen) atoms. The molecule has 1 N–H and O–H groups in total. The van der Waals surface area contributed by atoms with Gasteiger partial charge in [0.05, 0.1) is 6.61 Å². The van der Waals surface area contributed by atoms with Gasteiger partial charge in [-0.15, -0.1) is 0 Å². The molecule has 0 amide bonds. The lowest BCUT2D eigenvalue weighted by Crippen LogP contribution is -2.45. The Labute approximate surface area is 106 Å². The topological polar surface area (TPSA) is 38.3 Å². The van der Waals surface area contributed by atoms with E-state index < -0.39 is 5.54 Å². The third-order valence-electron chi connectivity index (χ3n) is 3.35. The molecule has 1 fully saturated rings. The maximum atomic E-state index is 12.9. The van der Waals surface area contributed by atoms with Crippen molar-refractivity contribution < 1.29 is 13.9 Å². The van der Waals surface area contributed by atoms with E-state index in [0.29, 0.717) is 6.61 Å². The number of benzene rings is 1. The first kappa shape index (κ1) is 12.9. The lowest BCUT2D eigenvalue weighted by Gasteiger charge is -2.28. The number of nitrogens with one attached hydrogen (secondary N) is 1. The molecule has 0 bridgehead atoms. The minimum atomic E-state index is -0.631. The van der Waals surface area contributed by atoms with Crippen LogP contribution in [0.2, 0.25) is 0 Å². The van der Waals surface area contributed by atoms with Crippen molar-refractivity contribution in [3.05, 3.63) is 30.1 Å². The summed E-state index contributed by atoms with van der Waals surface area (Å²) in [6.07, 6.45) is 3.55. The molecule has 4 heteroatoms. The smallest absolute Gasteiger partial charge is 0.331 e. The molecule has 0 radical (unpaired) electrons. The van der Waals surface area contributed by atoms with Crippen LogP contribution in [0.3, 0.4) is 0 Å². The monoisotopic (exact) mass is 251 g/mol. The van der Waals surface area contributed by atoms with Gasteiger partial charge in [-0.05, 0) is 44.0 Å². The number of rotatable bonds is 4. The second-order valence-corrected chi connectivity index (χ2v) is 4.64. The molecule has 1 aliphatic carbocycles. The molecule has 0 aliphatic heterocycles. The summed E-state index contributed by atoms with van der Waals surface area (Å²) in [5, 5.41) is 3.22. The van der Waals surface area contributed by atoms with E-state index in [1.165, 1.54) is 12.1 Å². The van der Waals surface area contributed by atoms with Gasteiger partial charge >= 0.3 is 5.97 Å². The zero-order valence-corrected chi connectivity index (χ0v) is 10.5. The van der Waals surface area contributed by atoms with E-state index in [-0.39, 0.29) is 11.8 Å². The van der Waals surface area contributed by atoms with Crippen molar-refractivity contribution in [3.8, 4) is 0 Å². The van der Waals surface area contributed by atoms with Crippen molar-refractivity contribution in [2.75, 3.05) is 11.9 Å². The van der Waals surface area contributed by atoms with Gasteiger partial charge in [0.25, 0.3) is 0 Å². The van der Waals surface area contributed by atoms with Gasteiger partial charge in [-0.2, -0.15) is 0 Å². The maximum Gasteiger partial charge on any atom is 0.331 e. The molecule has 3 nitrogen and oxygen atoms in total. The van der Waals surface area contributed by atoms with Crippen molar-refractivity contribution in [2.45, 2.75) is 38.1 Å². The molecule has 0 unspecified atom stereocenters. The number of hydrogen-bond acceptors (Lipinski definition) is 3. The molecular formula is C14H18FNO2. The fraction of sp³-hybridized carbons (Fsp3) is 0.500. The Morgan fingerprint density at radius 2 is 1.94 bits per heavy atom. The number of esters is 1. The van der Waals surface area contributed by atoms with Crippen molar-refractivity contribution in [3.63, 3.8) is 0 Å². The summed E-state index contributed by atoms with van der Waals surface area (Å²) in [5.74, 6) is -0.482. The number of carbonyl (C=O) groups is 1. The highest BCUT2D eigenvalue weighted by atomic mass is 19.1. The van der Waals surface area contributed by atoms with Gasteiger partial charge in [0.2, 0.25) is 0 Å². The van der Waals surface area contributed by atoms with E-state index in [9.17, 15) is 9.18 Å². The lowest BCUT2D eigenvalue weighted by atomic mass is 9.97. The van der Waals surface area contributed by atoms with Crippen LogP contribution < -0.4 is 5.32 Å². The average molecular weight is 251 g/mol. The third-order valence-corrected chi connectivity index (χ3v) is 3.35. The summed E-state index contributed by atoms with van der Waals surface area (Å²) < 4.78 is 18.0. The van der Waals surface area contributed by atoms with Crippen LogP contribution in [0.25, 0.3) is 0 Å². The summed E-state index contributed by atoms with van der Waals surface area (Å²) in [7, 11) is 0. The standard InChI is InChI=1S/C14H18FNO2/c1-2-18-13(17)14(9-3-4-10-14)16-12-7-5-11(15)6-8-12/h5-8,16H,2-4,9-10H2,1H3. The van der Waals surface area contributed by atoms with Crippen molar-refractivity contribution in [2.24, 2.45) is 0 Å².